The average Bonchev–Trinajstić information content (AvgIpc) is 3.55. The van der Waals surface area contributed by atoms with Crippen molar-refractivity contribution in [3.8, 4) is 11.1 Å². The van der Waals surface area contributed by atoms with Crippen LogP contribution >= 0.6 is 0 Å². The summed E-state index contributed by atoms with van der Waals surface area (Å²) in [6.45, 7) is 0.0150. The molecule has 0 aliphatic carbocycles. The second-order valence-electron chi connectivity index (χ2n) is 9.61. The number of aliphatic hydroxyl groups is 1. The number of halogens is 2. The van der Waals surface area contributed by atoms with Gasteiger partial charge in [-0.25, -0.2) is 8.78 Å². The van der Waals surface area contributed by atoms with Gasteiger partial charge < -0.3 is 24.1 Å². The number of ether oxygens (including phenoxy) is 1. The summed E-state index contributed by atoms with van der Waals surface area (Å²) < 4.78 is 44.1. The summed E-state index contributed by atoms with van der Waals surface area (Å²) in [7, 11) is 1.77. The minimum absolute atomic E-state index is 0.00832. The normalized spacial score (nSPS) is 17.6. The molecule has 2 aromatic carbocycles. The highest BCUT2D eigenvalue weighted by Gasteiger charge is 2.27. The molecule has 1 saturated heterocycles. The molecule has 2 atom stereocenters. The van der Waals surface area contributed by atoms with Crippen LogP contribution in [-0.2, 0) is 18.3 Å². The van der Waals surface area contributed by atoms with E-state index in [9.17, 15) is 14.7 Å². The summed E-state index contributed by atoms with van der Waals surface area (Å²) in [6, 6.07) is 8.63. The van der Waals surface area contributed by atoms with Crippen LogP contribution in [0.15, 0.2) is 64.3 Å². The zero-order valence-electron chi connectivity index (χ0n) is 20.9. The number of benzene rings is 2. The van der Waals surface area contributed by atoms with E-state index in [1.165, 1.54) is 30.7 Å². The van der Waals surface area contributed by atoms with Crippen molar-refractivity contribution in [2.45, 2.75) is 25.1 Å². The summed E-state index contributed by atoms with van der Waals surface area (Å²) in [5.41, 5.74) is 0.818. The van der Waals surface area contributed by atoms with Crippen molar-refractivity contribution in [1.29, 1.82) is 0 Å². The number of nitrogens with zero attached hydrogens (tertiary/aromatic N) is 3. The zero-order valence-corrected chi connectivity index (χ0v) is 20.9. The first kappa shape index (κ1) is 25.0. The molecule has 5 aromatic rings. The molecule has 1 aliphatic rings. The minimum atomic E-state index is -0.889. The predicted molar refractivity (Wildman–Crippen MR) is 138 cm³/mol. The molecule has 200 valence electrons. The van der Waals surface area contributed by atoms with E-state index in [0.29, 0.717) is 29.7 Å². The Morgan fingerprint density at radius 1 is 1.18 bits per heavy atom. The van der Waals surface area contributed by atoms with Crippen molar-refractivity contribution in [2.24, 2.45) is 7.05 Å². The average molecular weight is 535 g/mol. The lowest BCUT2D eigenvalue weighted by Gasteiger charge is -2.28. The fraction of sp³-hybridized carbons (Fsp3) is 0.250. The molecule has 0 bridgehead atoms. The molecule has 6 rings (SSSR count). The van der Waals surface area contributed by atoms with E-state index < -0.39 is 41.8 Å². The number of furan rings is 1. The van der Waals surface area contributed by atoms with Gasteiger partial charge in [0.2, 0.25) is 0 Å². The molecule has 1 fully saturated rings. The van der Waals surface area contributed by atoms with Gasteiger partial charge in [0.15, 0.2) is 5.58 Å². The molecule has 2 N–H and O–H groups in total. The number of nitrogens with one attached hydrogen (secondary N) is 1. The highest BCUT2D eigenvalue weighted by atomic mass is 19.1. The highest BCUT2D eigenvalue weighted by molar-refractivity contribution is 6.04. The van der Waals surface area contributed by atoms with Crippen molar-refractivity contribution in [2.75, 3.05) is 13.2 Å². The largest absolute Gasteiger partial charge is 0.463 e. The SMILES string of the molecule is Cn1cc2c(-c3cc(F)c(Cn4cc(C(=O)N[C@H]5CCOC[C@@H]5O)c5occc5c4=O)c(F)c3)cccc2n1. The Balaban J connectivity index is 1.36. The monoisotopic (exact) mass is 534 g/mol. The Hall–Kier alpha value is -4.35. The predicted octanol–water partition coefficient (Wildman–Crippen LogP) is 3.35. The third-order valence-corrected chi connectivity index (χ3v) is 7.02. The summed E-state index contributed by atoms with van der Waals surface area (Å²) in [4.78, 5) is 26.3. The van der Waals surface area contributed by atoms with E-state index in [2.05, 4.69) is 10.4 Å². The molecular weight excluding hydrogens is 510 g/mol. The lowest BCUT2D eigenvalue weighted by molar-refractivity contribution is -0.0260. The van der Waals surface area contributed by atoms with Crippen LogP contribution in [0.5, 0.6) is 0 Å². The van der Waals surface area contributed by atoms with Crippen molar-refractivity contribution < 1.29 is 27.8 Å². The fourth-order valence-corrected chi connectivity index (χ4v) is 5.02. The van der Waals surface area contributed by atoms with Gasteiger partial charge in [0.05, 0.1) is 48.0 Å². The first-order valence-electron chi connectivity index (χ1n) is 12.4. The molecule has 4 heterocycles. The van der Waals surface area contributed by atoms with E-state index in [0.717, 1.165) is 9.95 Å². The van der Waals surface area contributed by atoms with E-state index in [1.807, 2.05) is 6.07 Å². The number of carbonyl (C=O) groups is 1. The van der Waals surface area contributed by atoms with Crippen molar-refractivity contribution in [3.05, 3.63) is 88.2 Å². The molecule has 0 spiro atoms. The summed E-state index contributed by atoms with van der Waals surface area (Å²) >= 11 is 0. The van der Waals surface area contributed by atoms with Gasteiger partial charge in [0.25, 0.3) is 11.5 Å². The number of hydrogen-bond donors (Lipinski definition) is 2. The van der Waals surface area contributed by atoms with Crippen molar-refractivity contribution >= 4 is 27.8 Å². The number of fused-ring (bicyclic) bond motifs is 2. The molecule has 1 amide bonds. The number of aromatic nitrogens is 3. The number of hydrogen-bond acceptors (Lipinski definition) is 6. The van der Waals surface area contributed by atoms with Gasteiger partial charge in [-0.05, 0) is 41.8 Å². The third kappa shape index (κ3) is 4.49. The molecule has 0 saturated carbocycles. The standard InChI is InChI=1S/C28H24F2N4O5/c1-33-11-18-16(3-2-4-23(18)32-33)15-9-21(29)19(22(30)10-15)12-34-13-20(26-17(28(34)37)5-8-39-26)27(36)31-24-6-7-38-14-25(24)35/h2-5,8-11,13,24-25,35H,6-7,12,14H2,1H3,(H,31,36)/t24-,25-/m0/s1. The van der Waals surface area contributed by atoms with Crippen LogP contribution in [0.4, 0.5) is 8.78 Å². The van der Waals surface area contributed by atoms with Crippen LogP contribution in [0.2, 0.25) is 0 Å². The summed E-state index contributed by atoms with van der Waals surface area (Å²) in [5.74, 6) is -2.25. The first-order valence-corrected chi connectivity index (χ1v) is 12.4. The maximum Gasteiger partial charge on any atom is 0.262 e. The molecule has 1 aliphatic heterocycles. The van der Waals surface area contributed by atoms with Gasteiger partial charge >= 0.3 is 0 Å². The van der Waals surface area contributed by atoms with Crippen LogP contribution < -0.4 is 10.9 Å². The minimum Gasteiger partial charge on any atom is -0.463 e. The molecule has 39 heavy (non-hydrogen) atoms. The molecule has 3 aromatic heterocycles. The van der Waals surface area contributed by atoms with E-state index >= 15 is 8.78 Å². The Morgan fingerprint density at radius 3 is 2.74 bits per heavy atom. The van der Waals surface area contributed by atoms with E-state index in [4.69, 9.17) is 9.15 Å². The number of amides is 1. The van der Waals surface area contributed by atoms with Gasteiger partial charge in [0.1, 0.15) is 11.6 Å². The summed E-state index contributed by atoms with van der Waals surface area (Å²) in [5, 5.41) is 18.1. The van der Waals surface area contributed by atoms with Gasteiger partial charge in [-0.2, -0.15) is 5.10 Å². The molecule has 0 radical (unpaired) electrons. The fourth-order valence-electron chi connectivity index (χ4n) is 5.02. The quantitative estimate of drug-likeness (QED) is 0.358. The number of carbonyl (C=O) groups excluding carboxylic acids is 1. The van der Waals surface area contributed by atoms with Crippen molar-refractivity contribution in [3.63, 3.8) is 0 Å². The number of rotatable bonds is 5. The number of pyridine rings is 1. The lowest BCUT2D eigenvalue weighted by atomic mass is 9.99. The molecule has 0 unspecified atom stereocenters. The Bertz CT molecular complexity index is 1770. The third-order valence-electron chi connectivity index (χ3n) is 7.02. The number of aryl methyl sites for hydroxylation is 1. The second-order valence-corrected chi connectivity index (χ2v) is 9.61. The molecule has 11 heteroatoms. The Morgan fingerprint density at radius 2 is 1.97 bits per heavy atom. The van der Waals surface area contributed by atoms with Gasteiger partial charge in [0, 0.05) is 37.0 Å². The molecule has 9 nitrogen and oxygen atoms in total. The van der Waals surface area contributed by atoms with Gasteiger partial charge in [-0.3, -0.25) is 14.3 Å². The van der Waals surface area contributed by atoms with Crippen molar-refractivity contribution in [1.82, 2.24) is 19.7 Å². The first-order chi connectivity index (χ1) is 18.8. The molecular formula is C28H24F2N4O5. The zero-order chi connectivity index (χ0) is 27.3. The Labute approximate surface area is 220 Å². The van der Waals surface area contributed by atoms with Crippen LogP contribution in [0.1, 0.15) is 22.3 Å². The van der Waals surface area contributed by atoms with Gasteiger partial charge in [-0.15, -0.1) is 0 Å². The maximum absolute atomic E-state index is 15.4. The Kier molecular flexibility index (Phi) is 6.24. The highest BCUT2D eigenvalue weighted by Crippen LogP contribution is 2.31. The van der Waals surface area contributed by atoms with Crippen LogP contribution in [0.3, 0.4) is 0 Å². The number of aliphatic hydroxyl groups excluding tert-OH is 1. The summed E-state index contributed by atoms with van der Waals surface area (Å²) in [6.07, 6.45) is 3.78. The second kappa shape index (κ2) is 9.75. The lowest BCUT2D eigenvalue weighted by Crippen LogP contribution is -2.48. The van der Waals surface area contributed by atoms with E-state index in [1.54, 1.807) is 30.1 Å². The van der Waals surface area contributed by atoms with E-state index in [-0.39, 0.29) is 28.7 Å². The smallest absolute Gasteiger partial charge is 0.262 e. The topological polar surface area (TPSA) is 112 Å². The van der Waals surface area contributed by atoms with Gasteiger partial charge in [-0.1, -0.05) is 12.1 Å². The van der Waals surface area contributed by atoms with Crippen LogP contribution in [0.25, 0.3) is 33.0 Å². The van der Waals surface area contributed by atoms with Crippen LogP contribution in [0, 0.1) is 11.6 Å². The maximum atomic E-state index is 15.4. The van der Waals surface area contributed by atoms with Crippen LogP contribution in [-0.4, -0.2) is 50.7 Å².